The van der Waals surface area contributed by atoms with Gasteiger partial charge in [0, 0.05) is 5.75 Å². The molecule has 0 aromatic rings. The first-order valence-electron chi connectivity index (χ1n) is 9.61. The van der Waals surface area contributed by atoms with E-state index in [4.69, 9.17) is 22.3 Å². The molecule has 0 aromatic heterocycles. The van der Waals surface area contributed by atoms with Crippen LogP contribution in [0.2, 0.25) is 0 Å². The van der Waals surface area contributed by atoms with Crippen LogP contribution in [0, 0.1) is 0 Å². The Morgan fingerprint density at radius 3 is 2.00 bits per heavy atom. The van der Waals surface area contributed by atoms with E-state index in [0.29, 0.717) is 25.8 Å². The number of unbranched alkanes of at least 4 members (excludes halogenated alkanes) is 1. The van der Waals surface area contributed by atoms with Crippen LogP contribution >= 0.6 is 12.6 Å². The number of aliphatic carboxylic acids is 1. The summed E-state index contributed by atoms with van der Waals surface area (Å²) in [7, 11) is 0. The number of thiol groups is 1. The summed E-state index contributed by atoms with van der Waals surface area (Å²) in [5.74, 6) is -5.13. The molecule has 0 aliphatic carbocycles. The van der Waals surface area contributed by atoms with Gasteiger partial charge in [-0.3, -0.25) is 19.2 Å². The van der Waals surface area contributed by atoms with E-state index in [1.54, 1.807) is 0 Å². The highest BCUT2D eigenvalue weighted by Gasteiger charge is 2.32. The molecule has 14 heteroatoms. The maximum Gasteiger partial charge on any atom is 0.326 e. The van der Waals surface area contributed by atoms with Gasteiger partial charge in [-0.15, -0.1) is 0 Å². The monoisotopic (exact) mass is 464 g/mol. The number of rotatable bonds is 15. The van der Waals surface area contributed by atoms with Crippen molar-refractivity contribution < 1.29 is 34.2 Å². The van der Waals surface area contributed by atoms with E-state index in [1.807, 2.05) is 5.32 Å². The van der Waals surface area contributed by atoms with Gasteiger partial charge in [0.1, 0.15) is 18.1 Å². The number of nitrogens with one attached hydrogen (secondary N) is 3. The van der Waals surface area contributed by atoms with Crippen LogP contribution in [0.15, 0.2) is 0 Å². The van der Waals surface area contributed by atoms with Crippen LogP contribution in [0.1, 0.15) is 32.6 Å². The first kappa shape index (κ1) is 28.6. The molecule has 0 aromatic carbocycles. The third kappa shape index (κ3) is 11.0. The van der Waals surface area contributed by atoms with Crippen molar-refractivity contribution in [2.24, 2.45) is 17.2 Å². The molecule has 0 heterocycles. The lowest BCUT2D eigenvalue weighted by atomic mass is 10.1. The summed E-state index contributed by atoms with van der Waals surface area (Å²) >= 11 is 4.00. The fraction of sp³-hybridized carbons (Fsp3) is 0.706. The fourth-order valence-electron chi connectivity index (χ4n) is 2.43. The molecule has 11 N–H and O–H groups in total. The van der Waals surface area contributed by atoms with Crippen LogP contribution in [-0.4, -0.2) is 82.4 Å². The van der Waals surface area contributed by atoms with E-state index in [0.717, 1.165) is 0 Å². The number of aliphatic hydroxyl groups is 1. The van der Waals surface area contributed by atoms with Crippen LogP contribution in [0.4, 0.5) is 0 Å². The Morgan fingerprint density at radius 2 is 1.55 bits per heavy atom. The van der Waals surface area contributed by atoms with E-state index in [-0.39, 0.29) is 5.75 Å². The van der Waals surface area contributed by atoms with Crippen molar-refractivity contribution in [3.05, 3.63) is 0 Å². The summed E-state index contributed by atoms with van der Waals surface area (Å²) in [6.45, 7) is 1.65. The van der Waals surface area contributed by atoms with E-state index in [9.17, 15) is 29.1 Å². The molecule has 5 atom stereocenters. The molecule has 0 bridgehead atoms. The number of carboxylic acids is 1. The molecule has 178 valence electrons. The SMILES string of the molecule is CC(O)C(NC(=O)C(CS)NC(=O)C(N)CCCCN)C(=O)NC(CC(N)=O)C(=O)O. The fourth-order valence-corrected chi connectivity index (χ4v) is 2.69. The molecule has 0 aliphatic rings. The molecule has 4 amide bonds. The molecule has 0 aliphatic heterocycles. The Labute approximate surface area is 185 Å². The van der Waals surface area contributed by atoms with Crippen LogP contribution in [-0.2, 0) is 24.0 Å². The summed E-state index contributed by atoms with van der Waals surface area (Å²) in [4.78, 5) is 59.2. The van der Waals surface area contributed by atoms with Crippen molar-refractivity contribution in [1.29, 1.82) is 0 Å². The number of amides is 4. The third-order valence-electron chi connectivity index (χ3n) is 4.20. The Morgan fingerprint density at radius 1 is 0.968 bits per heavy atom. The Balaban J connectivity index is 5.10. The Bertz CT molecular complexity index is 648. The normalized spacial score (nSPS) is 15.6. The summed E-state index contributed by atoms with van der Waals surface area (Å²) in [6, 6.07) is -5.26. The van der Waals surface area contributed by atoms with Crippen LogP contribution in [0.3, 0.4) is 0 Å². The predicted molar refractivity (Wildman–Crippen MR) is 114 cm³/mol. The lowest BCUT2D eigenvalue weighted by Gasteiger charge is -2.25. The lowest BCUT2D eigenvalue weighted by Crippen LogP contribution is -2.60. The number of carbonyl (C=O) groups excluding carboxylic acids is 4. The smallest absolute Gasteiger partial charge is 0.326 e. The largest absolute Gasteiger partial charge is 0.480 e. The molecule has 5 unspecified atom stereocenters. The second kappa shape index (κ2) is 14.6. The van der Waals surface area contributed by atoms with Crippen molar-refractivity contribution in [3.8, 4) is 0 Å². The Hall–Kier alpha value is -2.42. The minimum absolute atomic E-state index is 0.138. The highest BCUT2D eigenvalue weighted by molar-refractivity contribution is 7.80. The molecular weight excluding hydrogens is 432 g/mol. The zero-order valence-electron chi connectivity index (χ0n) is 17.2. The van der Waals surface area contributed by atoms with Gasteiger partial charge < -0.3 is 43.4 Å². The molecule has 0 fully saturated rings. The minimum atomic E-state index is -1.64. The molecule has 0 radical (unpaired) electrons. The van der Waals surface area contributed by atoms with E-state index in [2.05, 4.69) is 23.3 Å². The first-order valence-corrected chi connectivity index (χ1v) is 10.2. The van der Waals surface area contributed by atoms with Gasteiger partial charge in [-0.1, -0.05) is 6.42 Å². The van der Waals surface area contributed by atoms with Crippen LogP contribution in [0.5, 0.6) is 0 Å². The number of carboxylic acid groups (broad SMARTS) is 1. The van der Waals surface area contributed by atoms with Crippen molar-refractivity contribution in [1.82, 2.24) is 16.0 Å². The van der Waals surface area contributed by atoms with Gasteiger partial charge in [-0.25, -0.2) is 4.79 Å². The third-order valence-corrected chi connectivity index (χ3v) is 4.57. The summed E-state index contributed by atoms with van der Waals surface area (Å²) in [5.41, 5.74) is 16.1. The van der Waals surface area contributed by atoms with Gasteiger partial charge >= 0.3 is 5.97 Å². The quantitative estimate of drug-likeness (QED) is 0.0850. The molecule has 31 heavy (non-hydrogen) atoms. The van der Waals surface area contributed by atoms with E-state index in [1.165, 1.54) is 6.92 Å². The average Bonchev–Trinajstić information content (AvgIpc) is 2.68. The first-order chi connectivity index (χ1) is 14.4. The minimum Gasteiger partial charge on any atom is -0.480 e. The van der Waals surface area contributed by atoms with Gasteiger partial charge in [-0.2, -0.15) is 12.6 Å². The zero-order chi connectivity index (χ0) is 24.1. The van der Waals surface area contributed by atoms with Gasteiger partial charge in [0.25, 0.3) is 0 Å². The van der Waals surface area contributed by atoms with Gasteiger partial charge in [-0.05, 0) is 26.3 Å². The van der Waals surface area contributed by atoms with Crippen molar-refractivity contribution >= 4 is 42.2 Å². The number of carbonyl (C=O) groups is 5. The average molecular weight is 465 g/mol. The highest BCUT2D eigenvalue weighted by atomic mass is 32.1. The summed E-state index contributed by atoms with van der Waals surface area (Å²) in [6.07, 6.45) is -0.432. The van der Waals surface area contributed by atoms with Crippen LogP contribution < -0.4 is 33.2 Å². The Kier molecular flexibility index (Phi) is 13.4. The lowest BCUT2D eigenvalue weighted by molar-refractivity contribution is -0.144. The van der Waals surface area contributed by atoms with E-state index >= 15 is 0 Å². The number of hydrogen-bond donors (Lipinski definition) is 9. The topological polar surface area (TPSA) is 240 Å². The van der Waals surface area contributed by atoms with E-state index < -0.39 is 66.3 Å². The number of hydrogen-bond acceptors (Lipinski definition) is 9. The molecule has 13 nitrogen and oxygen atoms in total. The maximum absolute atomic E-state index is 12.5. The van der Waals surface area contributed by atoms with Gasteiger partial charge in [0.2, 0.25) is 23.6 Å². The second-order valence-corrected chi connectivity index (χ2v) is 7.30. The summed E-state index contributed by atoms with van der Waals surface area (Å²) < 4.78 is 0. The second-order valence-electron chi connectivity index (χ2n) is 6.93. The summed E-state index contributed by atoms with van der Waals surface area (Å²) in [5, 5.41) is 25.6. The molecule has 0 rings (SSSR count). The molecule has 0 saturated carbocycles. The van der Waals surface area contributed by atoms with Crippen molar-refractivity contribution in [3.63, 3.8) is 0 Å². The van der Waals surface area contributed by atoms with Crippen molar-refractivity contribution in [2.45, 2.75) is 62.9 Å². The number of nitrogens with two attached hydrogens (primary N) is 3. The molecule has 0 spiro atoms. The highest BCUT2D eigenvalue weighted by Crippen LogP contribution is 2.02. The van der Waals surface area contributed by atoms with Gasteiger partial charge in [0.05, 0.1) is 18.6 Å². The van der Waals surface area contributed by atoms with Gasteiger partial charge in [0.15, 0.2) is 0 Å². The zero-order valence-corrected chi connectivity index (χ0v) is 18.1. The molecule has 0 saturated heterocycles. The number of aliphatic hydroxyl groups excluding tert-OH is 1. The maximum atomic E-state index is 12.5. The predicted octanol–water partition coefficient (Wildman–Crippen LogP) is -3.83. The number of primary amides is 1. The standard InChI is InChI=1S/C17H32N6O7S/c1-8(24)13(16(28)21-10(17(29)30)6-12(20)25)23-15(27)11(7-31)22-14(26)9(19)4-2-3-5-18/h8-11,13,24,31H,2-7,18-19H2,1H3,(H2,20,25)(H,21,28)(H,22,26)(H,23,27)(H,29,30). The van der Waals surface area contributed by atoms with Crippen LogP contribution in [0.25, 0.3) is 0 Å². The van der Waals surface area contributed by atoms with Crippen molar-refractivity contribution in [2.75, 3.05) is 12.3 Å². The molecular formula is C17H32N6O7S.